The topological polar surface area (TPSA) is 60.3 Å². The van der Waals surface area contributed by atoms with Gasteiger partial charge in [0.05, 0.1) is 5.69 Å². The molecule has 0 unspecified atom stereocenters. The predicted octanol–water partition coefficient (Wildman–Crippen LogP) is 3.23. The van der Waals surface area contributed by atoms with Gasteiger partial charge in [0, 0.05) is 45.3 Å². The van der Waals surface area contributed by atoms with Gasteiger partial charge >= 0.3 is 6.18 Å². The molecular formula is C21H25F3N4O2. The zero-order valence-corrected chi connectivity index (χ0v) is 16.7. The molecule has 9 heteroatoms. The molecule has 2 aromatic rings. The number of hydrogen-bond acceptors (Lipinski definition) is 4. The van der Waals surface area contributed by atoms with E-state index in [1.807, 2.05) is 12.1 Å². The zero-order chi connectivity index (χ0) is 21.6. The highest BCUT2D eigenvalue weighted by molar-refractivity contribution is 5.80. The molecule has 3 rings (SSSR count). The number of nitrogens with zero attached hydrogens (tertiary/aromatic N) is 3. The molecule has 162 valence electrons. The Hall–Kier alpha value is -3.10. The Morgan fingerprint density at radius 1 is 1.07 bits per heavy atom. The number of phenolic OH excluding ortho intramolecular Hbond substituents is 1. The molecule has 0 aliphatic carbocycles. The Morgan fingerprint density at radius 2 is 1.73 bits per heavy atom. The molecule has 0 saturated carbocycles. The molecule has 2 aromatic carbocycles. The van der Waals surface area contributed by atoms with Gasteiger partial charge in [0.15, 0.2) is 12.6 Å². The number of rotatable bonds is 5. The van der Waals surface area contributed by atoms with E-state index < -0.39 is 12.8 Å². The highest BCUT2D eigenvalue weighted by Gasteiger charge is 2.29. The number of alkyl halides is 3. The van der Waals surface area contributed by atoms with Gasteiger partial charge in [-0.05, 0) is 18.2 Å². The van der Waals surface area contributed by atoms with Gasteiger partial charge < -0.3 is 25.0 Å². The van der Waals surface area contributed by atoms with E-state index >= 15 is 0 Å². The molecule has 6 nitrogen and oxygen atoms in total. The standard InChI is InChI=1S/C21H25F3N4O2/c1-25-20(26-14-16-6-2-5-9-19(16)30-15-21(22,23)24)28-12-10-27(11-13-28)17-7-3-4-8-18(17)29/h2-9,29H,10-15H2,1H3,(H,25,26). The number of benzene rings is 2. The van der Waals surface area contributed by atoms with Crippen molar-refractivity contribution in [1.82, 2.24) is 10.2 Å². The molecule has 0 atom stereocenters. The minimum Gasteiger partial charge on any atom is -0.506 e. The zero-order valence-electron chi connectivity index (χ0n) is 16.7. The maximum absolute atomic E-state index is 12.5. The number of phenols is 1. The molecule has 2 N–H and O–H groups in total. The predicted molar refractivity (Wildman–Crippen MR) is 110 cm³/mol. The third kappa shape index (κ3) is 5.71. The van der Waals surface area contributed by atoms with E-state index in [4.69, 9.17) is 4.74 Å². The van der Waals surface area contributed by atoms with Gasteiger partial charge in [-0.1, -0.05) is 30.3 Å². The highest BCUT2D eigenvalue weighted by Crippen LogP contribution is 2.27. The molecule has 0 bridgehead atoms. The quantitative estimate of drug-likeness (QED) is 0.572. The van der Waals surface area contributed by atoms with Gasteiger partial charge in [-0.3, -0.25) is 4.99 Å². The molecule has 0 aromatic heterocycles. The van der Waals surface area contributed by atoms with E-state index in [2.05, 4.69) is 20.1 Å². The number of aliphatic imine (C=N–C) groups is 1. The van der Waals surface area contributed by atoms with Crippen LogP contribution in [0.15, 0.2) is 53.5 Å². The second kappa shape index (κ2) is 9.60. The first-order valence-electron chi connectivity index (χ1n) is 9.63. The molecule has 1 fully saturated rings. The summed E-state index contributed by atoms with van der Waals surface area (Å²) in [5.74, 6) is 1.11. The van der Waals surface area contributed by atoms with Crippen molar-refractivity contribution < 1.29 is 23.0 Å². The summed E-state index contributed by atoms with van der Waals surface area (Å²) in [7, 11) is 1.67. The minimum absolute atomic E-state index is 0.196. The third-order valence-electron chi connectivity index (χ3n) is 4.81. The lowest BCUT2D eigenvalue weighted by atomic mass is 10.2. The summed E-state index contributed by atoms with van der Waals surface area (Å²) in [5, 5.41) is 13.2. The first kappa shape index (κ1) is 21.6. The second-order valence-corrected chi connectivity index (χ2v) is 6.88. The van der Waals surface area contributed by atoms with E-state index in [1.165, 1.54) is 6.07 Å². The first-order valence-corrected chi connectivity index (χ1v) is 9.63. The number of para-hydroxylation sites is 3. The van der Waals surface area contributed by atoms with Crippen molar-refractivity contribution in [3.8, 4) is 11.5 Å². The van der Waals surface area contributed by atoms with E-state index in [1.54, 1.807) is 37.4 Å². The number of piperazine rings is 1. The van der Waals surface area contributed by atoms with Crippen LogP contribution in [0.25, 0.3) is 0 Å². The summed E-state index contributed by atoms with van der Waals surface area (Å²) in [4.78, 5) is 8.49. The van der Waals surface area contributed by atoms with Crippen molar-refractivity contribution in [2.45, 2.75) is 12.7 Å². The molecule has 1 heterocycles. The van der Waals surface area contributed by atoms with Crippen molar-refractivity contribution in [1.29, 1.82) is 0 Å². The van der Waals surface area contributed by atoms with Crippen LogP contribution in [0.1, 0.15) is 5.56 Å². The number of hydrogen-bond donors (Lipinski definition) is 2. The number of aromatic hydroxyl groups is 1. The number of ether oxygens (including phenoxy) is 1. The van der Waals surface area contributed by atoms with Crippen molar-refractivity contribution in [3.63, 3.8) is 0 Å². The molecule has 1 aliphatic heterocycles. The average Bonchev–Trinajstić information content (AvgIpc) is 2.74. The van der Waals surface area contributed by atoms with Gasteiger partial charge in [-0.25, -0.2) is 0 Å². The number of anilines is 1. The monoisotopic (exact) mass is 422 g/mol. The van der Waals surface area contributed by atoms with Crippen molar-refractivity contribution in [2.75, 3.05) is 44.7 Å². The molecule has 0 radical (unpaired) electrons. The fourth-order valence-electron chi connectivity index (χ4n) is 3.35. The van der Waals surface area contributed by atoms with Crippen LogP contribution < -0.4 is 15.0 Å². The third-order valence-corrected chi connectivity index (χ3v) is 4.81. The number of guanidine groups is 1. The van der Waals surface area contributed by atoms with Crippen LogP contribution in [0.2, 0.25) is 0 Å². The average molecular weight is 422 g/mol. The fraction of sp³-hybridized carbons (Fsp3) is 0.381. The van der Waals surface area contributed by atoms with Crippen LogP contribution in [0, 0.1) is 0 Å². The Kier molecular flexibility index (Phi) is 6.91. The van der Waals surface area contributed by atoms with Crippen LogP contribution in [0.3, 0.4) is 0 Å². The van der Waals surface area contributed by atoms with Crippen LogP contribution in [-0.4, -0.2) is 62.0 Å². The smallest absolute Gasteiger partial charge is 0.422 e. The normalized spacial score (nSPS) is 15.3. The van der Waals surface area contributed by atoms with Gasteiger partial charge in [-0.2, -0.15) is 13.2 Å². The Bertz CT molecular complexity index is 865. The molecule has 1 aliphatic rings. The van der Waals surface area contributed by atoms with Crippen molar-refractivity contribution >= 4 is 11.6 Å². The van der Waals surface area contributed by atoms with Crippen molar-refractivity contribution in [2.24, 2.45) is 4.99 Å². The molecule has 0 spiro atoms. The Labute approximate surface area is 173 Å². The fourth-order valence-corrected chi connectivity index (χ4v) is 3.35. The summed E-state index contributed by atoms with van der Waals surface area (Å²) in [6.07, 6.45) is -4.39. The SMILES string of the molecule is CN=C(NCc1ccccc1OCC(F)(F)F)N1CCN(c2ccccc2O)CC1. The van der Waals surface area contributed by atoms with Gasteiger partial charge in [0.25, 0.3) is 0 Å². The van der Waals surface area contributed by atoms with E-state index in [0.29, 0.717) is 44.2 Å². The maximum Gasteiger partial charge on any atom is 0.422 e. The van der Waals surface area contributed by atoms with Crippen LogP contribution >= 0.6 is 0 Å². The first-order chi connectivity index (χ1) is 14.4. The molecule has 0 amide bonds. The summed E-state index contributed by atoms with van der Waals surface area (Å²) in [5.41, 5.74) is 1.42. The van der Waals surface area contributed by atoms with Gasteiger partial charge in [-0.15, -0.1) is 0 Å². The van der Waals surface area contributed by atoms with Crippen LogP contribution in [0.4, 0.5) is 18.9 Å². The summed E-state index contributed by atoms with van der Waals surface area (Å²) in [6.45, 7) is 1.78. The van der Waals surface area contributed by atoms with Crippen LogP contribution in [0.5, 0.6) is 11.5 Å². The highest BCUT2D eigenvalue weighted by atomic mass is 19.4. The largest absolute Gasteiger partial charge is 0.506 e. The lowest BCUT2D eigenvalue weighted by Crippen LogP contribution is -2.52. The summed E-state index contributed by atoms with van der Waals surface area (Å²) >= 11 is 0. The Morgan fingerprint density at radius 3 is 2.40 bits per heavy atom. The Balaban J connectivity index is 1.57. The molecule has 30 heavy (non-hydrogen) atoms. The van der Waals surface area contributed by atoms with Crippen LogP contribution in [-0.2, 0) is 6.54 Å². The second-order valence-electron chi connectivity index (χ2n) is 6.88. The van der Waals surface area contributed by atoms with Gasteiger partial charge in [0.1, 0.15) is 11.5 Å². The number of halogens is 3. The van der Waals surface area contributed by atoms with E-state index in [9.17, 15) is 18.3 Å². The summed E-state index contributed by atoms with van der Waals surface area (Å²) < 4.78 is 42.4. The summed E-state index contributed by atoms with van der Waals surface area (Å²) in [6, 6.07) is 13.9. The lowest BCUT2D eigenvalue weighted by molar-refractivity contribution is -0.153. The van der Waals surface area contributed by atoms with E-state index in [-0.39, 0.29) is 11.5 Å². The minimum atomic E-state index is -4.39. The molecular weight excluding hydrogens is 397 g/mol. The van der Waals surface area contributed by atoms with Gasteiger partial charge in [0.2, 0.25) is 0 Å². The van der Waals surface area contributed by atoms with E-state index in [0.717, 1.165) is 5.69 Å². The number of nitrogens with one attached hydrogen (secondary N) is 1. The maximum atomic E-state index is 12.5. The molecule has 1 saturated heterocycles. The lowest BCUT2D eigenvalue weighted by Gasteiger charge is -2.37. The van der Waals surface area contributed by atoms with Crippen molar-refractivity contribution in [3.05, 3.63) is 54.1 Å².